The highest BCUT2D eigenvalue weighted by Crippen LogP contribution is 2.33. The zero-order valence-corrected chi connectivity index (χ0v) is 13.7. The third kappa shape index (κ3) is 2.84. The maximum Gasteiger partial charge on any atom is 0.228 e. The first-order chi connectivity index (χ1) is 10.1. The van der Waals surface area contributed by atoms with Gasteiger partial charge in [-0.25, -0.2) is 0 Å². The fourth-order valence-corrected chi connectivity index (χ4v) is 3.84. The van der Waals surface area contributed by atoms with Gasteiger partial charge < -0.3 is 9.80 Å². The molecular formula is C16H19BrN2O2. The smallest absolute Gasteiger partial charge is 0.228 e. The normalized spacial score (nSPS) is 22.2. The molecule has 4 nitrogen and oxygen atoms in total. The van der Waals surface area contributed by atoms with Crippen molar-refractivity contribution < 1.29 is 9.59 Å². The molecule has 1 unspecified atom stereocenters. The van der Waals surface area contributed by atoms with Crippen molar-refractivity contribution in [2.45, 2.75) is 26.2 Å². The number of likely N-dealkylation sites (tertiary alicyclic amines) is 1. The monoisotopic (exact) mass is 350 g/mol. The van der Waals surface area contributed by atoms with Gasteiger partial charge >= 0.3 is 0 Å². The lowest BCUT2D eigenvalue weighted by atomic mass is 10.1. The van der Waals surface area contributed by atoms with E-state index in [0.29, 0.717) is 13.0 Å². The molecule has 3 rings (SSSR count). The zero-order chi connectivity index (χ0) is 15.0. The zero-order valence-electron chi connectivity index (χ0n) is 12.1. The van der Waals surface area contributed by atoms with Crippen LogP contribution in [0.15, 0.2) is 22.7 Å². The first kappa shape index (κ1) is 14.6. The maximum atomic E-state index is 12.4. The standard InChI is InChI=1S/C16H19BrN2O2/c1-11-4-5-14(13(17)8-11)19-10-12(9-15(19)20)16(21)18-6-2-3-7-18/h4-5,8,12H,2-3,6-7,9-10H2,1H3. The van der Waals surface area contributed by atoms with Crippen LogP contribution < -0.4 is 4.90 Å². The summed E-state index contributed by atoms with van der Waals surface area (Å²) in [7, 11) is 0. The van der Waals surface area contributed by atoms with E-state index in [1.165, 1.54) is 0 Å². The van der Waals surface area contributed by atoms with E-state index in [2.05, 4.69) is 15.9 Å². The first-order valence-corrected chi connectivity index (χ1v) is 8.21. The third-order valence-electron chi connectivity index (χ3n) is 4.29. The average molecular weight is 351 g/mol. The summed E-state index contributed by atoms with van der Waals surface area (Å²) in [6.45, 7) is 4.20. The van der Waals surface area contributed by atoms with E-state index >= 15 is 0 Å². The Bertz CT molecular complexity index is 582. The second-order valence-electron chi connectivity index (χ2n) is 5.89. The second-order valence-corrected chi connectivity index (χ2v) is 6.75. The molecule has 1 aromatic rings. The fourth-order valence-electron chi connectivity index (χ4n) is 3.13. The van der Waals surface area contributed by atoms with Gasteiger partial charge in [-0.3, -0.25) is 9.59 Å². The van der Waals surface area contributed by atoms with Crippen LogP contribution in [0.25, 0.3) is 0 Å². The Labute approximate surface area is 133 Å². The van der Waals surface area contributed by atoms with E-state index in [9.17, 15) is 9.59 Å². The molecule has 0 saturated carbocycles. The number of nitrogens with zero attached hydrogens (tertiary/aromatic N) is 2. The van der Waals surface area contributed by atoms with E-state index in [1.807, 2.05) is 30.0 Å². The van der Waals surface area contributed by atoms with Gasteiger partial charge in [-0.15, -0.1) is 0 Å². The molecular weight excluding hydrogens is 332 g/mol. The van der Waals surface area contributed by atoms with Crippen LogP contribution in [0.1, 0.15) is 24.8 Å². The van der Waals surface area contributed by atoms with Gasteiger partial charge in [-0.2, -0.15) is 0 Å². The van der Waals surface area contributed by atoms with Crippen molar-refractivity contribution in [1.29, 1.82) is 0 Å². The molecule has 0 aliphatic carbocycles. The van der Waals surface area contributed by atoms with Crippen molar-refractivity contribution in [2.24, 2.45) is 5.92 Å². The molecule has 1 atom stereocenters. The highest BCUT2D eigenvalue weighted by atomic mass is 79.9. The molecule has 0 bridgehead atoms. The molecule has 2 amide bonds. The largest absolute Gasteiger partial charge is 0.342 e. The SMILES string of the molecule is Cc1ccc(N2CC(C(=O)N3CCCC3)CC2=O)c(Br)c1. The number of benzene rings is 1. The lowest BCUT2D eigenvalue weighted by Crippen LogP contribution is -2.35. The number of rotatable bonds is 2. The van der Waals surface area contributed by atoms with Crippen LogP contribution in [0.3, 0.4) is 0 Å². The van der Waals surface area contributed by atoms with Crippen molar-refractivity contribution in [1.82, 2.24) is 4.90 Å². The van der Waals surface area contributed by atoms with Crippen molar-refractivity contribution >= 4 is 33.4 Å². The van der Waals surface area contributed by atoms with Gasteiger partial charge in [0, 0.05) is 30.5 Å². The summed E-state index contributed by atoms with van der Waals surface area (Å²) in [5.74, 6) is -0.00696. The van der Waals surface area contributed by atoms with Gasteiger partial charge in [0.25, 0.3) is 0 Å². The molecule has 0 radical (unpaired) electrons. The summed E-state index contributed by atoms with van der Waals surface area (Å²) in [4.78, 5) is 28.4. The molecule has 1 aromatic carbocycles. The number of halogens is 1. The first-order valence-electron chi connectivity index (χ1n) is 7.41. The lowest BCUT2D eigenvalue weighted by molar-refractivity contribution is -0.134. The maximum absolute atomic E-state index is 12.4. The van der Waals surface area contributed by atoms with Gasteiger partial charge in [-0.1, -0.05) is 6.07 Å². The Morgan fingerprint density at radius 1 is 1.29 bits per heavy atom. The number of anilines is 1. The summed E-state index contributed by atoms with van der Waals surface area (Å²) in [5.41, 5.74) is 2.00. The van der Waals surface area contributed by atoms with E-state index in [4.69, 9.17) is 0 Å². The van der Waals surface area contributed by atoms with Crippen LogP contribution in [-0.2, 0) is 9.59 Å². The lowest BCUT2D eigenvalue weighted by Gasteiger charge is -2.21. The predicted molar refractivity (Wildman–Crippen MR) is 85.2 cm³/mol. The van der Waals surface area contributed by atoms with Gasteiger partial charge in [0.1, 0.15) is 0 Å². The number of carbonyl (C=O) groups is 2. The van der Waals surface area contributed by atoms with Crippen molar-refractivity contribution in [3.05, 3.63) is 28.2 Å². The number of carbonyl (C=O) groups excluding carboxylic acids is 2. The molecule has 5 heteroatoms. The van der Waals surface area contributed by atoms with Crippen molar-refractivity contribution in [3.63, 3.8) is 0 Å². The highest BCUT2D eigenvalue weighted by Gasteiger charge is 2.38. The van der Waals surface area contributed by atoms with Crippen LogP contribution in [0, 0.1) is 12.8 Å². The van der Waals surface area contributed by atoms with Gasteiger partial charge in [0.15, 0.2) is 0 Å². The highest BCUT2D eigenvalue weighted by molar-refractivity contribution is 9.10. The molecule has 2 aliphatic rings. The molecule has 0 N–H and O–H groups in total. The predicted octanol–water partition coefficient (Wildman–Crippen LogP) is 2.73. The summed E-state index contributed by atoms with van der Waals surface area (Å²) in [5, 5.41) is 0. The Hall–Kier alpha value is -1.36. The quantitative estimate of drug-likeness (QED) is 0.822. The molecule has 112 valence electrons. The van der Waals surface area contributed by atoms with Crippen LogP contribution in [0.5, 0.6) is 0 Å². The van der Waals surface area contributed by atoms with Gasteiger partial charge in [-0.05, 0) is 53.4 Å². The average Bonchev–Trinajstić information content (AvgIpc) is 3.08. The minimum absolute atomic E-state index is 0.0390. The summed E-state index contributed by atoms with van der Waals surface area (Å²) in [6, 6.07) is 5.93. The summed E-state index contributed by atoms with van der Waals surface area (Å²) < 4.78 is 0.908. The fraction of sp³-hybridized carbons (Fsp3) is 0.500. The van der Waals surface area contributed by atoms with E-state index < -0.39 is 0 Å². The Balaban J connectivity index is 1.76. The van der Waals surface area contributed by atoms with E-state index in [-0.39, 0.29) is 17.7 Å². The molecule has 2 fully saturated rings. The number of hydrogen-bond acceptors (Lipinski definition) is 2. The van der Waals surface area contributed by atoms with Crippen molar-refractivity contribution in [2.75, 3.05) is 24.5 Å². The number of hydrogen-bond donors (Lipinski definition) is 0. The van der Waals surface area contributed by atoms with Crippen LogP contribution in [0.4, 0.5) is 5.69 Å². The molecule has 2 heterocycles. The number of aryl methyl sites for hydroxylation is 1. The number of amides is 2. The Morgan fingerprint density at radius 2 is 2.00 bits per heavy atom. The van der Waals surface area contributed by atoms with Crippen LogP contribution >= 0.6 is 15.9 Å². The minimum atomic E-state index is -0.191. The molecule has 0 spiro atoms. The summed E-state index contributed by atoms with van der Waals surface area (Å²) in [6.07, 6.45) is 2.49. The molecule has 2 aliphatic heterocycles. The molecule has 0 aromatic heterocycles. The third-order valence-corrected chi connectivity index (χ3v) is 4.92. The summed E-state index contributed by atoms with van der Waals surface area (Å²) >= 11 is 3.52. The van der Waals surface area contributed by atoms with Crippen molar-refractivity contribution in [3.8, 4) is 0 Å². The topological polar surface area (TPSA) is 40.6 Å². The minimum Gasteiger partial charge on any atom is -0.342 e. The Kier molecular flexibility index (Phi) is 4.02. The van der Waals surface area contributed by atoms with Gasteiger partial charge in [0.2, 0.25) is 11.8 Å². The van der Waals surface area contributed by atoms with Gasteiger partial charge in [0.05, 0.1) is 11.6 Å². The second kappa shape index (κ2) is 5.79. The molecule has 21 heavy (non-hydrogen) atoms. The Morgan fingerprint density at radius 3 is 2.67 bits per heavy atom. The molecule has 2 saturated heterocycles. The van der Waals surface area contributed by atoms with E-state index in [1.54, 1.807) is 4.90 Å². The van der Waals surface area contributed by atoms with Crippen LogP contribution in [-0.4, -0.2) is 36.3 Å². The van der Waals surface area contributed by atoms with Crippen LogP contribution in [0.2, 0.25) is 0 Å². The van der Waals surface area contributed by atoms with E-state index in [0.717, 1.165) is 41.7 Å².